The molecule has 0 atom stereocenters. The van der Waals surface area contributed by atoms with Crippen LogP contribution in [0.4, 0.5) is 26.3 Å². The average Bonchev–Trinajstić information content (AvgIpc) is 2.92. The lowest BCUT2D eigenvalue weighted by molar-refractivity contribution is -0.347. The maximum atomic E-state index is 13.1. The van der Waals surface area contributed by atoms with E-state index in [1.54, 1.807) is 31.5 Å². The molecule has 1 heterocycles. The van der Waals surface area contributed by atoms with Crippen LogP contribution in [0.15, 0.2) is 60.9 Å². The predicted octanol–water partition coefficient (Wildman–Crippen LogP) is 8.06. The van der Waals surface area contributed by atoms with Gasteiger partial charge in [0.25, 0.3) is 5.60 Å². The van der Waals surface area contributed by atoms with E-state index >= 15 is 0 Å². The lowest BCUT2D eigenvalue weighted by Crippen LogP contribution is -2.55. The maximum Gasteiger partial charge on any atom is 0.430 e. The van der Waals surface area contributed by atoms with E-state index in [2.05, 4.69) is 11.1 Å². The fourth-order valence-electron chi connectivity index (χ4n) is 5.21. The maximum absolute atomic E-state index is 13.1. The monoisotopic (exact) mass is 593 g/mol. The Bertz CT molecular complexity index is 1440. The molecular formula is C32H33F6NO3. The van der Waals surface area contributed by atoms with Crippen molar-refractivity contribution in [2.75, 3.05) is 7.11 Å². The standard InChI is InChI=1S/C32H33F6NO3/c1-6-29(7-2,25-9-8-23(20(3)14-25)12-13-30(41,31(33,34)35)32(36,37)38)26-10-11-27(21(4)15-26)24-16-22(18-39-19-24)17-28(40)42-5/h8-16,18-19,41H,6-7,17H2,1-5H3/b13-12+. The van der Waals surface area contributed by atoms with E-state index in [-0.39, 0.29) is 24.0 Å². The van der Waals surface area contributed by atoms with Crippen molar-refractivity contribution in [3.05, 3.63) is 94.3 Å². The molecule has 0 saturated carbocycles. The molecule has 1 N–H and O–H groups in total. The number of pyridine rings is 1. The zero-order valence-corrected chi connectivity index (χ0v) is 24.0. The summed E-state index contributed by atoms with van der Waals surface area (Å²) in [5.74, 6) is -0.370. The van der Waals surface area contributed by atoms with Gasteiger partial charge in [-0.2, -0.15) is 26.3 Å². The molecule has 3 rings (SSSR count). The van der Waals surface area contributed by atoms with Gasteiger partial charge in [-0.3, -0.25) is 9.78 Å². The first kappa shape index (κ1) is 32.8. The summed E-state index contributed by atoms with van der Waals surface area (Å²) in [6.07, 6.45) is -6.69. The van der Waals surface area contributed by atoms with Crippen LogP contribution < -0.4 is 0 Å². The number of hydrogen-bond acceptors (Lipinski definition) is 4. The fraction of sp³-hybridized carbons (Fsp3) is 0.375. The number of alkyl halides is 6. The third kappa shape index (κ3) is 6.38. The third-order valence-corrected chi connectivity index (χ3v) is 7.86. The lowest BCUT2D eigenvalue weighted by Gasteiger charge is -2.34. The summed E-state index contributed by atoms with van der Waals surface area (Å²) in [4.78, 5) is 16.0. The van der Waals surface area contributed by atoms with Crippen LogP contribution in [0, 0.1) is 13.8 Å². The van der Waals surface area contributed by atoms with Crippen LogP contribution in [-0.4, -0.2) is 41.1 Å². The second kappa shape index (κ2) is 12.3. The summed E-state index contributed by atoms with van der Waals surface area (Å²) < 4.78 is 83.4. The lowest BCUT2D eigenvalue weighted by atomic mass is 9.69. The number of benzene rings is 2. The van der Waals surface area contributed by atoms with E-state index in [1.165, 1.54) is 13.2 Å². The highest BCUT2D eigenvalue weighted by Gasteiger charge is 2.68. The van der Waals surface area contributed by atoms with E-state index in [0.717, 1.165) is 27.8 Å². The number of ether oxygens (including phenoxy) is 1. The van der Waals surface area contributed by atoms with Crippen molar-refractivity contribution in [3.8, 4) is 11.1 Å². The van der Waals surface area contributed by atoms with Gasteiger partial charge in [0.1, 0.15) is 0 Å². The molecule has 1 aromatic heterocycles. The van der Waals surface area contributed by atoms with Crippen molar-refractivity contribution in [2.24, 2.45) is 0 Å². The first-order valence-electron chi connectivity index (χ1n) is 13.3. The first-order chi connectivity index (χ1) is 19.5. The number of nitrogens with zero attached hydrogens (tertiary/aromatic N) is 1. The Morgan fingerprint density at radius 2 is 1.45 bits per heavy atom. The first-order valence-corrected chi connectivity index (χ1v) is 13.3. The SMILES string of the molecule is CCC(CC)(c1ccc(/C=C/C(O)(C(F)(F)F)C(F)(F)F)c(C)c1)c1ccc(-c2cncc(CC(=O)OC)c2)c(C)c1. The van der Waals surface area contributed by atoms with Gasteiger partial charge in [-0.15, -0.1) is 0 Å². The number of aryl methyl sites for hydroxylation is 2. The quantitative estimate of drug-likeness (QED) is 0.202. The van der Waals surface area contributed by atoms with Crippen LogP contribution in [-0.2, 0) is 21.4 Å². The average molecular weight is 594 g/mol. The molecular weight excluding hydrogens is 560 g/mol. The minimum absolute atomic E-state index is 0.0967. The van der Waals surface area contributed by atoms with Gasteiger partial charge in [0.15, 0.2) is 0 Å². The van der Waals surface area contributed by atoms with E-state index in [4.69, 9.17) is 4.74 Å². The van der Waals surface area contributed by atoms with Gasteiger partial charge in [-0.05, 0) is 77.8 Å². The van der Waals surface area contributed by atoms with Gasteiger partial charge in [-0.1, -0.05) is 56.3 Å². The highest BCUT2D eigenvalue weighted by molar-refractivity contribution is 5.74. The number of carbonyl (C=O) groups is 1. The van der Waals surface area contributed by atoms with Crippen molar-refractivity contribution in [1.29, 1.82) is 0 Å². The number of halogens is 6. The van der Waals surface area contributed by atoms with Gasteiger partial charge in [0, 0.05) is 23.4 Å². The summed E-state index contributed by atoms with van der Waals surface area (Å²) in [5.41, 5.74) is 0.437. The molecule has 0 aliphatic heterocycles. The zero-order valence-electron chi connectivity index (χ0n) is 24.0. The second-order valence-corrected chi connectivity index (χ2v) is 10.3. The Kier molecular flexibility index (Phi) is 9.61. The molecule has 3 aromatic rings. The molecule has 0 amide bonds. The smallest absolute Gasteiger partial charge is 0.430 e. The van der Waals surface area contributed by atoms with Gasteiger partial charge < -0.3 is 9.84 Å². The van der Waals surface area contributed by atoms with E-state index < -0.39 is 23.4 Å². The Morgan fingerprint density at radius 3 is 1.95 bits per heavy atom. The summed E-state index contributed by atoms with van der Waals surface area (Å²) in [7, 11) is 1.32. The van der Waals surface area contributed by atoms with E-state index in [9.17, 15) is 36.2 Å². The normalized spacial score (nSPS) is 13.0. The molecule has 2 aromatic carbocycles. The van der Waals surface area contributed by atoms with Gasteiger partial charge in [0.2, 0.25) is 0 Å². The predicted molar refractivity (Wildman–Crippen MR) is 149 cm³/mol. The zero-order chi connectivity index (χ0) is 31.5. The van der Waals surface area contributed by atoms with Crippen LogP contribution in [0.5, 0.6) is 0 Å². The molecule has 0 spiro atoms. The van der Waals surface area contributed by atoms with Crippen LogP contribution in [0.25, 0.3) is 17.2 Å². The van der Waals surface area contributed by atoms with Crippen molar-refractivity contribution in [2.45, 2.75) is 70.3 Å². The van der Waals surface area contributed by atoms with Crippen LogP contribution in [0.2, 0.25) is 0 Å². The number of carbonyl (C=O) groups excluding carboxylic acids is 1. The third-order valence-electron chi connectivity index (χ3n) is 7.86. The Hall–Kier alpha value is -3.66. The summed E-state index contributed by atoms with van der Waals surface area (Å²) >= 11 is 0. The number of aromatic nitrogens is 1. The topological polar surface area (TPSA) is 59.4 Å². The minimum Gasteiger partial charge on any atom is -0.469 e. The second-order valence-electron chi connectivity index (χ2n) is 10.3. The van der Waals surface area contributed by atoms with Gasteiger partial charge >= 0.3 is 18.3 Å². The molecule has 0 aliphatic rings. The van der Waals surface area contributed by atoms with Crippen LogP contribution in [0.3, 0.4) is 0 Å². The Labute approximate surface area is 241 Å². The Balaban J connectivity index is 2.01. The molecule has 0 saturated heterocycles. The number of rotatable bonds is 9. The van der Waals surface area contributed by atoms with Crippen molar-refractivity contribution >= 4 is 12.0 Å². The molecule has 0 unspecified atom stereocenters. The number of hydrogen-bond donors (Lipinski definition) is 1. The summed E-state index contributed by atoms with van der Waals surface area (Å²) in [6, 6.07) is 12.8. The number of aliphatic hydroxyl groups is 1. The van der Waals surface area contributed by atoms with Gasteiger partial charge in [-0.25, -0.2) is 0 Å². The molecule has 0 aliphatic carbocycles. The number of methoxy groups -OCH3 is 1. The van der Waals surface area contributed by atoms with Crippen molar-refractivity contribution in [3.63, 3.8) is 0 Å². The molecule has 42 heavy (non-hydrogen) atoms. The molecule has 0 bridgehead atoms. The molecule has 10 heteroatoms. The van der Waals surface area contributed by atoms with Crippen molar-refractivity contribution < 1.29 is 41.0 Å². The van der Waals surface area contributed by atoms with Crippen LogP contribution in [0.1, 0.15) is 60.1 Å². The fourth-order valence-corrected chi connectivity index (χ4v) is 5.21. The molecule has 226 valence electrons. The van der Waals surface area contributed by atoms with Gasteiger partial charge in [0.05, 0.1) is 13.5 Å². The summed E-state index contributed by atoms with van der Waals surface area (Å²) in [5, 5.41) is 9.48. The Morgan fingerprint density at radius 1 is 0.881 bits per heavy atom. The molecule has 0 radical (unpaired) electrons. The summed E-state index contributed by atoms with van der Waals surface area (Å²) in [6.45, 7) is 7.59. The molecule has 0 fully saturated rings. The molecule has 4 nitrogen and oxygen atoms in total. The largest absolute Gasteiger partial charge is 0.469 e. The van der Waals surface area contributed by atoms with E-state index in [0.29, 0.717) is 30.0 Å². The van der Waals surface area contributed by atoms with Crippen molar-refractivity contribution in [1.82, 2.24) is 4.98 Å². The van der Waals surface area contributed by atoms with E-state index in [1.807, 2.05) is 39.0 Å². The highest BCUT2D eigenvalue weighted by atomic mass is 19.4. The van der Waals surface area contributed by atoms with Crippen LogP contribution >= 0.6 is 0 Å². The number of esters is 1. The highest BCUT2D eigenvalue weighted by Crippen LogP contribution is 2.45. The minimum atomic E-state index is -5.93.